The molecule has 0 aromatic heterocycles. The van der Waals surface area contributed by atoms with E-state index in [2.05, 4.69) is 0 Å². The summed E-state index contributed by atoms with van der Waals surface area (Å²) in [6.07, 6.45) is 0.0623. The van der Waals surface area contributed by atoms with Crippen molar-refractivity contribution < 1.29 is 27.2 Å². The summed E-state index contributed by atoms with van der Waals surface area (Å²) < 4.78 is 59.0. The lowest BCUT2D eigenvalue weighted by atomic mass is 9.81. The number of hydrogen-bond donors (Lipinski definition) is 0. The third-order valence-electron chi connectivity index (χ3n) is 4.58. The van der Waals surface area contributed by atoms with Crippen molar-refractivity contribution in [1.29, 1.82) is 0 Å². The quantitative estimate of drug-likeness (QED) is 0.746. The van der Waals surface area contributed by atoms with E-state index >= 15 is 4.39 Å². The second-order valence-corrected chi connectivity index (χ2v) is 6.76. The maximum Gasteiger partial charge on any atom is 0.525 e. The summed E-state index contributed by atoms with van der Waals surface area (Å²) in [6, 6.07) is 3.64. The highest BCUT2D eigenvalue weighted by Crippen LogP contribution is 2.41. The lowest BCUT2D eigenvalue weighted by Crippen LogP contribution is -2.41. The SMILES string of the molecule is COCCC(=C(F)B1OC(C)(C)C(C)(C)O1)c1cccc(F)c1F. The molecule has 0 spiro atoms. The van der Waals surface area contributed by atoms with Crippen molar-refractivity contribution in [3.8, 4) is 0 Å². The fourth-order valence-electron chi connectivity index (χ4n) is 2.41. The van der Waals surface area contributed by atoms with Gasteiger partial charge in [-0.15, -0.1) is 0 Å². The molecule has 2 rings (SSSR count). The van der Waals surface area contributed by atoms with Gasteiger partial charge in [-0.05, 0) is 45.8 Å². The van der Waals surface area contributed by atoms with Crippen LogP contribution in [0.15, 0.2) is 23.9 Å². The van der Waals surface area contributed by atoms with Gasteiger partial charge in [-0.3, -0.25) is 0 Å². The predicted octanol–water partition coefficient (Wildman–Crippen LogP) is 4.31. The highest BCUT2D eigenvalue weighted by Gasteiger charge is 2.53. The monoisotopic (exact) mass is 342 g/mol. The molecule has 0 unspecified atom stereocenters. The summed E-state index contributed by atoms with van der Waals surface area (Å²) in [5, 5.41) is 0. The molecule has 0 amide bonds. The highest BCUT2D eigenvalue weighted by atomic mass is 19.2. The molecule has 24 heavy (non-hydrogen) atoms. The van der Waals surface area contributed by atoms with Gasteiger partial charge in [0.25, 0.3) is 0 Å². The third-order valence-corrected chi connectivity index (χ3v) is 4.58. The zero-order chi connectivity index (χ0) is 18.1. The number of methoxy groups -OCH3 is 1. The first-order chi connectivity index (χ1) is 11.1. The van der Waals surface area contributed by atoms with Gasteiger partial charge in [0.05, 0.1) is 17.8 Å². The van der Waals surface area contributed by atoms with Crippen LogP contribution in [-0.2, 0) is 14.0 Å². The van der Waals surface area contributed by atoms with Crippen LogP contribution in [0, 0.1) is 11.6 Å². The molecule has 132 valence electrons. The van der Waals surface area contributed by atoms with Gasteiger partial charge in [0, 0.05) is 12.7 Å². The first-order valence-electron chi connectivity index (χ1n) is 7.78. The lowest BCUT2D eigenvalue weighted by Gasteiger charge is -2.32. The second kappa shape index (κ2) is 6.90. The van der Waals surface area contributed by atoms with Gasteiger partial charge in [-0.2, -0.15) is 0 Å². The van der Waals surface area contributed by atoms with E-state index in [9.17, 15) is 8.78 Å². The van der Waals surface area contributed by atoms with Crippen LogP contribution >= 0.6 is 0 Å². The zero-order valence-electron chi connectivity index (χ0n) is 14.6. The van der Waals surface area contributed by atoms with Gasteiger partial charge in [0.1, 0.15) is 5.73 Å². The number of ether oxygens (including phenoxy) is 1. The van der Waals surface area contributed by atoms with Gasteiger partial charge in [0.2, 0.25) is 0 Å². The van der Waals surface area contributed by atoms with Crippen LogP contribution in [0.2, 0.25) is 0 Å². The molecule has 1 aliphatic rings. The van der Waals surface area contributed by atoms with Crippen LogP contribution in [0.4, 0.5) is 13.2 Å². The van der Waals surface area contributed by atoms with E-state index < -0.39 is 35.7 Å². The highest BCUT2D eigenvalue weighted by molar-refractivity contribution is 6.55. The molecule has 7 heteroatoms. The first kappa shape index (κ1) is 19.0. The molecule has 1 aromatic rings. The Hall–Kier alpha value is -1.31. The number of hydrogen-bond acceptors (Lipinski definition) is 3. The van der Waals surface area contributed by atoms with E-state index in [0.717, 1.165) is 6.07 Å². The Bertz CT molecular complexity index is 628. The Kier molecular flexibility index (Phi) is 5.47. The van der Waals surface area contributed by atoms with E-state index in [-0.39, 0.29) is 24.2 Å². The lowest BCUT2D eigenvalue weighted by molar-refractivity contribution is 0.00578. The first-order valence-corrected chi connectivity index (χ1v) is 7.78. The van der Waals surface area contributed by atoms with Crippen molar-refractivity contribution in [1.82, 2.24) is 0 Å². The van der Waals surface area contributed by atoms with E-state index in [1.54, 1.807) is 27.7 Å². The van der Waals surface area contributed by atoms with E-state index in [1.807, 2.05) is 0 Å². The van der Waals surface area contributed by atoms with E-state index in [0.29, 0.717) is 0 Å². The summed E-state index contributed by atoms with van der Waals surface area (Å²) >= 11 is 0. The Morgan fingerprint density at radius 2 is 1.71 bits per heavy atom. The number of benzene rings is 1. The molecule has 1 heterocycles. The molecule has 0 N–H and O–H groups in total. The predicted molar refractivity (Wildman–Crippen MR) is 87.0 cm³/mol. The minimum absolute atomic E-state index is 0.0210. The van der Waals surface area contributed by atoms with Crippen molar-refractivity contribution in [3.05, 3.63) is 41.1 Å². The van der Waals surface area contributed by atoms with Gasteiger partial charge in [0.15, 0.2) is 11.6 Å². The summed E-state index contributed by atoms with van der Waals surface area (Å²) in [5.41, 5.74) is -2.41. The third kappa shape index (κ3) is 3.53. The Morgan fingerprint density at radius 1 is 1.12 bits per heavy atom. The molecule has 0 aliphatic carbocycles. The van der Waals surface area contributed by atoms with Crippen LogP contribution in [0.1, 0.15) is 39.7 Å². The summed E-state index contributed by atoms with van der Waals surface area (Å²) in [7, 11) is 0.177. The van der Waals surface area contributed by atoms with Crippen molar-refractivity contribution >= 4 is 12.7 Å². The van der Waals surface area contributed by atoms with Gasteiger partial charge >= 0.3 is 7.12 Å². The molecule has 3 nitrogen and oxygen atoms in total. The summed E-state index contributed by atoms with van der Waals surface area (Å²) in [4.78, 5) is 0. The molecule has 1 fully saturated rings. The van der Waals surface area contributed by atoms with Crippen LogP contribution in [0.3, 0.4) is 0 Å². The van der Waals surface area contributed by atoms with Crippen molar-refractivity contribution in [2.24, 2.45) is 0 Å². The van der Waals surface area contributed by atoms with Gasteiger partial charge < -0.3 is 14.0 Å². The summed E-state index contributed by atoms with van der Waals surface area (Å²) in [5.74, 6) is -2.14. The minimum atomic E-state index is -1.27. The smallest absolute Gasteiger partial charge is 0.398 e. The minimum Gasteiger partial charge on any atom is -0.398 e. The van der Waals surface area contributed by atoms with Crippen molar-refractivity contribution in [2.45, 2.75) is 45.3 Å². The molecule has 0 bridgehead atoms. The largest absolute Gasteiger partial charge is 0.525 e. The molecule has 1 aliphatic heterocycles. The maximum absolute atomic E-state index is 15.1. The molecule has 0 atom stereocenters. The van der Waals surface area contributed by atoms with Gasteiger partial charge in [-0.25, -0.2) is 13.2 Å². The number of halogens is 3. The van der Waals surface area contributed by atoms with Crippen LogP contribution in [0.5, 0.6) is 0 Å². The van der Waals surface area contributed by atoms with Gasteiger partial charge in [-0.1, -0.05) is 12.1 Å². The van der Waals surface area contributed by atoms with Crippen LogP contribution in [-0.4, -0.2) is 32.0 Å². The fraction of sp³-hybridized carbons (Fsp3) is 0.529. The normalized spacial score (nSPS) is 20.2. The molecule has 1 saturated heterocycles. The molecular weight excluding hydrogens is 320 g/mol. The van der Waals surface area contributed by atoms with Crippen LogP contribution < -0.4 is 0 Å². The standard InChI is InChI=1S/C17H22BF3O3/c1-16(2)17(3,4)24-18(23-16)15(21)12(9-10-22-5)11-7-6-8-13(19)14(11)20/h6-8H,9-10H2,1-5H3. The topological polar surface area (TPSA) is 27.7 Å². The average molecular weight is 342 g/mol. The molecule has 1 aromatic carbocycles. The molecule has 0 saturated carbocycles. The Morgan fingerprint density at radius 3 is 2.25 bits per heavy atom. The van der Waals surface area contributed by atoms with E-state index in [1.165, 1.54) is 19.2 Å². The second-order valence-electron chi connectivity index (χ2n) is 6.76. The number of rotatable bonds is 5. The fourth-order valence-corrected chi connectivity index (χ4v) is 2.41. The molecule has 0 radical (unpaired) electrons. The zero-order valence-corrected chi connectivity index (χ0v) is 14.6. The molecular formula is C17H22BF3O3. The average Bonchev–Trinajstić information content (AvgIpc) is 2.71. The van der Waals surface area contributed by atoms with Crippen molar-refractivity contribution in [2.75, 3.05) is 13.7 Å². The summed E-state index contributed by atoms with van der Waals surface area (Å²) in [6.45, 7) is 7.31. The van der Waals surface area contributed by atoms with Crippen LogP contribution in [0.25, 0.3) is 5.57 Å². The maximum atomic E-state index is 15.1. The van der Waals surface area contributed by atoms with E-state index in [4.69, 9.17) is 14.0 Å². The Balaban J connectivity index is 2.47. The van der Waals surface area contributed by atoms with Crippen molar-refractivity contribution in [3.63, 3.8) is 0 Å². The Labute approximate surface area is 140 Å².